The lowest BCUT2D eigenvalue weighted by Gasteiger charge is -2.34. The van der Waals surface area contributed by atoms with Crippen LogP contribution in [0.4, 0.5) is 0 Å². The Morgan fingerprint density at radius 1 is 0.545 bits per heavy atom. The molecule has 66 heavy (non-hydrogen) atoms. The number of carbonyl (C=O) groups excluding carboxylic acids is 6. The van der Waals surface area contributed by atoms with E-state index >= 15 is 0 Å². The zero-order chi connectivity index (χ0) is 48.6. The average Bonchev–Trinajstić information content (AvgIpc) is 3.30. The summed E-state index contributed by atoms with van der Waals surface area (Å²) in [4.78, 5) is 97.2. The van der Waals surface area contributed by atoms with E-state index in [4.69, 9.17) is 24.1 Å². The van der Waals surface area contributed by atoms with E-state index in [1.807, 2.05) is 11.9 Å². The maximum Gasteiger partial charge on any atom is 0.326 e. The molecule has 1 saturated carbocycles. The van der Waals surface area contributed by atoms with E-state index in [9.17, 15) is 43.5 Å². The van der Waals surface area contributed by atoms with Crippen molar-refractivity contribution in [3.63, 3.8) is 0 Å². The standard InChI is InChI=1S/C45H79BrN6O14/c1-52(42(57)14-12-10-8-6-4-2-3-5-7-9-11-13-15-43(58)59)36-18-16-35(17-19-36)44(60)51-37(45(61)62)20-21-38(53)49-24-26-63-28-31-66-34-41(56)50-25-27-64-29-30-65-33-40(55)48-23-22-47-39(54)32-46/h35-37H,2-34H2,1H3,(H,47,54)(H,48,55)(H,49,53)(H,50,56)(H,51,60)(H,58,59)(H,61,62)/t35?,36?,37-/m0/s1. The number of nitrogens with one attached hydrogen (secondary N) is 5. The summed E-state index contributed by atoms with van der Waals surface area (Å²) < 4.78 is 21.2. The SMILES string of the molecule is CN(C(=O)CCCCCCCCCCCCCCC(=O)O)C1CCC(C(=O)N[C@@H](CCC(=O)NCCOCCOCC(=O)NCCOCCOCC(=O)NCCNC(=O)CBr)C(=O)O)CC1. The Balaban J connectivity index is 2.05. The van der Waals surface area contributed by atoms with Crippen molar-refractivity contribution in [3.8, 4) is 0 Å². The number of hydrogen-bond donors (Lipinski definition) is 7. The molecule has 1 atom stereocenters. The molecule has 1 aliphatic carbocycles. The number of rotatable bonds is 42. The van der Waals surface area contributed by atoms with Gasteiger partial charge in [0.15, 0.2) is 0 Å². The Morgan fingerprint density at radius 2 is 0.985 bits per heavy atom. The molecule has 7 N–H and O–H groups in total. The van der Waals surface area contributed by atoms with Gasteiger partial charge >= 0.3 is 11.9 Å². The third kappa shape index (κ3) is 33.5. The van der Waals surface area contributed by atoms with Crippen molar-refractivity contribution in [1.82, 2.24) is 31.5 Å². The number of carbonyl (C=O) groups is 8. The van der Waals surface area contributed by atoms with Gasteiger partial charge in [0, 0.05) is 64.4 Å². The first-order chi connectivity index (χ1) is 31.8. The predicted molar refractivity (Wildman–Crippen MR) is 249 cm³/mol. The minimum atomic E-state index is -1.22. The fraction of sp³-hybridized carbons (Fsp3) is 0.822. The van der Waals surface area contributed by atoms with Crippen molar-refractivity contribution in [1.29, 1.82) is 0 Å². The maximum absolute atomic E-state index is 13.0. The quantitative estimate of drug-likeness (QED) is 0.0342. The number of halogens is 1. The fourth-order valence-corrected chi connectivity index (χ4v) is 7.38. The number of amides is 6. The number of alkyl halides is 1. The summed E-state index contributed by atoms with van der Waals surface area (Å²) in [5, 5.41) is 31.7. The summed E-state index contributed by atoms with van der Waals surface area (Å²) in [5.74, 6) is -3.72. The number of carboxylic acid groups (broad SMARTS) is 2. The van der Waals surface area contributed by atoms with Gasteiger partial charge in [-0.25, -0.2) is 4.79 Å². The van der Waals surface area contributed by atoms with E-state index in [1.165, 1.54) is 38.5 Å². The zero-order valence-corrected chi connectivity index (χ0v) is 40.8. The largest absolute Gasteiger partial charge is 0.481 e. The molecule has 6 amide bonds. The van der Waals surface area contributed by atoms with Crippen LogP contribution in [0.2, 0.25) is 0 Å². The predicted octanol–water partition coefficient (Wildman–Crippen LogP) is 2.83. The van der Waals surface area contributed by atoms with Crippen molar-refractivity contribution in [2.75, 3.05) is 91.4 Å². The molecule has 0 radical (unpaired) electrons. The van der Waals surface area contributed by atoms with E-state index in [1.54, 1.807) is 0 Å². The Kier molecular flexibility index (Phi) is 36.6. The van der Waals surface area contributed by atoms with Gasteiger partial charge in [-0.1, -0.05) is 80.1 Å². The molecule has 0 aliphatic heterocycles. The van der Waals surface area contributed by atoms with Gasteiger partial charge in [0.1, 0.15) is 19.3 Å². The lowest BCUT2D eigenvalue weighted by atomic mass is 9.84. The number of unbranched alkanes of at least 4 members (excludes halogenated alkanes) is 11. The first-order valence-corrected chi connectivity index (χ1v) is 24.9. The number of hydrogen-bond acceptors (Lipinski definition) is 12. The molecule has 0 aromatic carbocycles. The highest BCUT2D eigenvalue weighted by Crippen LogP contribution is 2.28. The molecule has 0 saturated heterocycles. The molecule has 21 heteroatoms. The van der Waals surface area contributed by atoms with E-state index in [-0.39, 0.29) is 138 Å². The minimum Gasteiger partial charge on any atom is -0.481 e. The molecule has 0 unspecified atom stereocenters. The lowest BCUT2D eigenvalue weighted by Crippen LogP contribution is -2.46. The smallest absolute Gasteiger partial charge is 0.326 e. The van der Waals surface area contributed by atoms with Crippen molar-refractivity contribution in [2.24, 2.45) is 5.92 Å². The summed E-state index contributed by atoms with van der Waals surface area (Å²) in [6, 6.07) is -1.16. The van der Waals surface area contributed by atoms with Crippen LogP contribution in [-0.4, -0.2) is 166 Å². The van der Waals surface area contributed by atoms with Crippen LogP contribution in [0.15, 0.2) is 0 Å². The second-order valence-electron chi connectivity index (χ2n) is 16.4. The van der Waals surface area contributed by atoms with E-state index in [0.29, 0.717) is 45.2 Å². The first kappa shape index (κ1) is 60.1. The fourth-order valence-electron chi connectivity index (χ4n) is 7.18. The normalized spacial score (nSPS) is 15.0. The van der Waals surface area contributed by atoms with Crippen LogP contribution in [0.25, 0.3) is 0 Å². The number of ether oxygens (including phenoxy) is 4. The average molecular weight is 1010 g/mol. The van der Waals surface area contributed by atoms with Crippen LogP contribution in [-0.2, 0) is 57.3 Å². The van der Waals surface area contributed by atoms with Crippen molar-refractivity contribution >= 4 is 63.3 Å². The van der Waals surface area contributed by atoms with Crippen molar-refractivity contribution in [3.05, 3.63) is 0 Å². The van der Waals surface area contributed by atoms with Crippen LogP contribution in [0.3, 0.4) is 0 Å². The molecule has 0 spiro atoms. The molecular formula is C45H79BrN6O14. The Labute approximate surface area is 399 Å². The molecule has 0 aromatic rings. The summed E-state index contributed by atoms with van der Waals surface area (Å²) in [7, 11) is 1.83. The van der Waals surface area contributed by atoms with Crippen LogP contribution in [0, 0.1) is 5.92 Å². The van der Waals surface area contributed by atoms with Crippen molar-refractivity contribution in [2.45, 2.75) is 141 Å². The van der Waals surface area contributed by atoms with Gasteiger partial charge in [0.25, 0.3) is 0 Å². The minimum absolute atomic E-state index is 0.0472. The third-order valence-electron chi connectivity index (χ3n) is 11.1. The molecule has 1 aliphatic rings. The second-order valence-corrected chi connectivity index (χ2v) is 17.0. The first-order valence-electron chi connectivity index (χ1n) is 23.8. The molecule has 0 aromatic heterocycles. The Morgan fingerprint density at radius 3 is 1.47 bits per heavy atom. The zero-order valence-electron chi connectivity index (χ0n) is 39.2. The van der Waals surface area contributed by atoms with Crippen LogP contribution in [0.5, 0.6) is 0 Å². The number of aliphatic carboxylic acids is 2. The van der Waals surface area contributed by atoms with Crippen LogP contribution >= 0.6 is 15.9 Å². The molecule has 0 heterocycles. The molecule has 1 fully saturated rings. The maximum atomic E-state index is 13.0. The van der Waals surface area contributed by atoms with Gasteiger partial charge in [0.05, 0.1) is 45.0 Å². The number of nitrogens with zero attached hydrogens (tertiary/aromatic N) is 1. The van der Waals surface area contributed by atoms with Gasteiger partial charge in [-0.05, 0) is 44.9 Å². The van der Waals surface area contributed by atoms with E-state index < -0.39 is 18.0 Å². The highest BCUT2D eigenvalue weighted by atomic mass is 79.9. The lowest BCUT2D eigenvalue weighted by molar-refractivity contribution is -0.143. The summed E-state index contributed by atoms with van der Waals surface area (Å²) >= 11 is 3.03. The Bertz CT molecular complexity index is 1400. The number of carboxylic acids is 2. The van der Waals surface area contributed by atoms with Crippen LogP contribution < -0.4 is 26.6 Å². The summed E-state index contributed by atoms with van der Waals surface area (Å²) in [6.07, 6.45) is 16.0. The molecular weight excluding hydrogens is 928 g/mol. The van der Waals surface area contributed by atoms with Gasteiger partial charge in [-0.2, -0.15) is 0 Å². The van der Waals surface area contributed by atoms with Crippen LogP contribution in [0.1, 0.15) is 128 Å². The van der Waals surface area contributed by atoms with Gasteiger partial charge in [-0.15, -0.1) is 0 Å². The summed E-state index contributed by atoms with van der Waals surface area (Å²) in [6.45, 7) is 1.92. The highest BCUT2D eigenvalue weighted by Gasteiger charge is 2.32. The summed E-state index contributed by atoms with van der Waals surface area (Å²) in [5.41, 5.74) is 0. The van der Waals surface area contributed by atoms with Crippen molar-refractivity contribution < 1.29 is 67.5 Å². The van der Waals surface area contributed by atoms with Gasteiger partial charge in [-0.3, -0.25) is 33.6 Å². The Hall–Kier alpha value is -3.92. The van der Waals surface area contributed by atoms with Gasteiger partial charge in [0.2, 0.25) is 35.4 Å². The van der Waals surface area contributed by atoms with E-state index in [2.05, 4.69) is 42.5 Å². The topological polar surface area (TPSA) is 277 Å². The highest BCUT2D eigenvalue weighted by molar-refractivity contribution is 9.09. The second kappa shape index (κ2) is 40.2. The monoisotopic (exact) mass is 1010 g/mol. The molecule has 0 bridgehead atoms. The molecule has 380 valence electrons. The molecule has 1 rings (SSSR count). The third-order valence-corrected chi connectivity index (χ3v) is 11.6. The molecule has 20 nitrogen and oxygen atoms in total. The van der Waals surface area contributed by atoms with E-state index in [0.717, 1.165) is 38.5 Å². The van der Waals surface area contributed by atoms with Gasteiger partial charge < -0.3 is 60.6 Å².